The van der Waals surface area contributed by atoms with Gasteiger partial charge in [-0.2, -0.15) is 0 Å². The first-order chi connectivity index (χ1) is 14.5. The lowest BCUT2D eigenvalue weighted by molar-refractivity contribution is 0.0585. The monoisotopic (exact) mass is 445 g/mol. The van der Waals surface area contributed by atoms with Crippen LogP contribution >= 0.6 is 23.4 Å². The van der Waals surface area contributed by atoms with E-state index < -0.39 is 0 Å². The maximum absolute atomic E-state index is 13.1. The third kappa shape index (κ3) is 4.09. The Labute approximate surface area is 185 Å². The van der Waals surface area contributed by atoms with Gasteiger partial charge in [-0.15, -0.1) is 11.8 Å². The van der Waals surface area contributed by atoms with Crippen LogP contribution in [0.3, 0.4) is 0 Å². The van der Waals surface area contributed by atoms with E-state index in [1.54, 1.807) is 31.4 Å². The number of hydrogen-bond donors (Lipinski definition) is 1. The van der Waals surface area contributed by atoms with E-state index in [0.29, 0.717) is 35.1 Å². The normalized spacial score (nSPS) is 17.8. The van der Waals surface area contributed by atoms with Gasteiger partial charge in [0.05, 0.1) is 17.7 Å². The van der Waals surface area contributed by atoms with Crippen molar-refractivity contribution < 1.29 is 14.3 Å². The molecule has 0 saturated carbocycles. The standard InChI is InChI=1S/C22H24ClN3O3S/c1-29-19-5-3-2-4-18(19)24-21(28)25-12-10-22(11-13-25)26(14-15-30-22)20(27)16-6-8-17(23)9-7-16/h2-9H,10-15H2,1H3,(H,24,28). The molecule has 2 heterocycles. The minimum Gasteiger partial charge on any atom is -0.495 e. The number of hydrogen-bond acceptors (Lipinski definition) is 4. The summed E-state index contributed by atoms with van der Waals surface area (Å²) in [6, 6.07) is 14.3. The molecule has 0 atom stereocenters. The summed E-state index contributed by atoms with van der Waals surface area (Å²) in [5, 5.41) is 3.55. The summed E-state index contributed by atoms with van der Waals surface area (Å²) in [7, 11) is 1.58. The van der Waals surface area contributed by atoms with Crippen molar-refractivity contribution in [3.8, 4) is 5.75 Å². The second kappa shape index (κ2) is 8.78. The van der Waals surface area contributed by atoms with Crippen molar-refractivity contribution in [2.45, 2.75) is 17.7 Å². The fraction of sp³-hybridized carbons (Fsp3) is 0.364. The molecule has 2 saturated heterocycles. The van der Waals surface area contributed by atoms with Gasteiger partial charge in [0, 0.05) is 36.0 Å². The third-order valence-electron chi connectivity index (χ3n) is 5.69. The summed E-state index contributed by atoms with van der Waals surface area (Å²) >= 11 is 7.79. The molecule has 0 unspecified atom stereocenters. The van der Waals surface area contributed by atoms with Crippen LogP contribution in [0.5, 0.6) is 5.75 Å². The number of halogens is 1. The molecular weight excluding hydrogens is 422 g/mol. The number of nitrogens with one attached hydrogen (secondary N) is 1. The first kappa shape index (κ1) is 20.9. The molecular formula is C22H24ClN3O3S. The number of methoxy groups -OCH3 is 1. The number of ether oxygens (including phenoxy) is 1. The Morgan fingerprint density at radius 2 is 1.77 bits per heavy atom. The van der Waals surface area contributed by atoms with Crippen LogP contribution in [0.1, 0.15) is 23.2 Å². The van der Waals surface area contributed by atoms with Gasteiger partial charge >= 0.3 is 6.03 Å². The number of anilines is 1. The number of carbonyl (C=O) groups excluding carboxylic acids is 2. The second-order valence-electron chi connectivity index (χ2n) is 7.38. The van der Waals surface area contributed by atoms with Crippen molar-refractivity contribution in [3.05, 3.63) is 59.1 Å². The van der Waals surface area contributed by atoms with E-state index in [0.717, 1.165) is 25.1 Å². The highest BCUT2D eigenvalue weighted by molar-refractivity contribution is 8.00. The van der Waals surface area contributed by atoms with E-state index in [-0.39, 0.29) is 16.8 Å². The highest BCUT2D eigenvalue weighted by Gasteiger charge is 2.47. The van der Waals surface area contributed by atoms with Crippen molar-refractivity contribution in [2.24, 2.45) is 0 Å². The number of urea groups is 1. The smallest absolute Gasteiger partial charge is 0.321 e. The molecule has 158 valence electrons. The zero-order chi connectivity index (χ0) is 21.1. The topological polar surface area (TPSA) is 61.9 Å². The summed E-state index contributed by atoms with van der Waals surface area (Å²) in [6.45, 7) is 1.91. The van der Waals surface area contributed by atoms with Gasteiger partial charge in [0.1, 0.15) is 5.75 Å². The van der Waals surface area contributed by atoms with Crippen molar-refractivity contribution in [1.29, 1.82) is 0 Å². The SMILES string of the molecule is COc1ccccc1NC(=O)N1CCC2(CC1)SCCN2C(=O)c1ccc(Cl)cc1. The van der Waals surface area contributed by atoms with Crippen LogP contribution < -0.4 is 10.1 Å². The number of nitrogens with zero attached hydrogens (tertiary/aromatic N) is 2. The molecule has 2 aromatic carbocycles. The highest BCUT2D eigenvalue weighted by atomic mass is 35.5. The molecule has 1 N–H and O–H groups in total. The van der Waals surface area contributed by atoms with E-state index in [4.69, 9.17) is 16.3 Å². The minimum absolute atomic E-state index is 0.0311. The van der Waals surface area contributed by atoms with E-state index in [2.05, 4.69) is 5.32 Å². The Hall–Kier alpha value is -2.38. The van der Waals surface area contributed by atoms with Crippen molar-refractivity contribution in [2.75, 3.05) is 37.8 Å². The molecule has 2 aliphatic heterocycles. The number of piperidine rings is 1. The van der Waals surface area contributed by atoms with E-state index >= 15 is 0 Å². The molecule has 0 radical (unpaired) electrons. The molecule has 3 amide bonds. The van der Waals surface area contributed by atoms with Crippen molar-refractivity contribution >= 4 is 41.0 Å². The Kier molecular flexibility index (Phi) is 6.11. The zero-order valence-electron chi connectivity index (χ0n) is 16.8. The summed E-state index contributed by atoms with van der Waals surface area (Å²) in [4.78, 5) is 29.4. The number of likely N-dealkylation sites (tertiary alicyclic amines) is 1. The van der Waals surface area contributed by atoms with Gasteiger partial charge in [-0.3, -0.25) is 4.79 Å². The molecule has 0 aromatic heterocycles. The van der Waals surface area contributed by atoms with Gasteiger partial charge in [-0.25, -0.2) is 4.79 Å². The maximum atomic E-state index is 13.1. The van der Waals surface area contributed by atoms with Crippen molar-refractivity contribution in [1.82, 2.24) is 9.80 Å². The Bertz CT molecular complexity index is 929. The van der Waals surface area contributed by atoms with Crippen LogP contribution in [0.2, 0.25) is 5.02 Å². The first-order valence-corrected chi connectivity index (χ1v) is 11.3. The van der Waals surface area contributed by atoms with Crippen LogP contribution in [0, 0.1) is 0 Å². The minimum atomic E-state index is -0.252. The van der Waals surface area contributed by atoms with Crippen LogP contribution in [-0.2, 0) is 0 Å². The van der Waals surface area contributed by atoms with Crippen LogP contribution in [0.4, 0.5) is 10.5 Å². The molecule has 0 aliphatic carbocycles. The summed E-state index contributed by atoms with van der Waals surface area (Å²) < 4.78 is 5.31. The average Bonchev–Trinajstić information content (AvgIpc) is 3.17. The number of amides is 3. The molecule has 2 aromatic rings. The fourth-order valence-electron chi connectivity index (χ4n) is 4.06. The maximum Gasteiger partial charge on any atom is 0.321 e. The highest BCUT2D eigenvalue weighted by Crippen LogP contribution is 2.44. The zero-order valence-corrected chi connectivity index (χ0v) is 18.3. The van der Waals surface area contributed by atoms with Gasteiger partial charge in [0.25, 0.3) is 5.91 Å². The van der Waals surface area contributed by atoms with Gasteiger partial charge in [0.15, 0.2) is 0 Å². The molecule has 2 aliphatic rings. The Morgan fingerprint density at radius 3 is 2.47 bits per heavy atom. The summed E-state index contributed by atoms with van der Waals surface area (Å²) in [5.74, 6) is 1.57. The first-order valence-electron chi connectivity index (χ1n) is 9.93. The largest absolute Gasteiger partial charge is 0.495 e. The predicted octanol–water partition coefficient (Wildman–Crippen LogP) is 4.56. The summed E-state index contributed by atoms with van der Waals surface area (Å²) in [5.41, 5.74) is 1.30. The number of carbonyl (C=O) groups is 2. The van der Waals surface area contributed by atoms with Gasteiger partial charge < -0.3 is 19.9 Å². The molecule has 30 heavy (non-hydrogen) atoms. The third-order valence-corrected chi connectivity index (χ3v) is 7.50. The predicted molar refractivity (Wildman–Crippen MR) is 120 cm³/mol. The van der Waals surface area contributed by atoms with Gasteiger partial charge in [-0.1, -0.05) is 23.7 Å². The van der Waals surface area contributed by atoms with Crippen LogP contribution in [0.15, 0.2) is 48.5 Å². The number of benzene rings is 2. The van der Waals surface area contributed by atoms with Crippen LogP contribution in [0.25, 0.3) is 0 Å². The molecule has 1 spiro atoms. The molecule has 2 fully saturated rings. The number of thioether (sulfide) groups is 1. The Morgan fingerprint density at radius 1 is 1.07 bits per heavy atom. The lowest BCUT2D eigenvalue weighted by Crippen LogP contribution is -2.54. The lowest BCUT2D eigenvalue weighted by atomic mass is 10.0. The molecule has 6 nitrogen and oxygen atoms in total. The van der Waals surface area contributed by atoms with Crippen LogP contribution in [-0.4, -0.2) is 59.1 Å². The summed E-state index contributed by atoms with van der Waals surface area (Å²) in [6.07, 6.45) is 1.49. The van der Waals surface area contributed by atoms with Gasteiger partial charge in [-0.05, 0) is 49.2 Å². The lowest BCUT2D eigenvalue weighted by Gasteiger charge is -2.44. The van der Waals surface area contributed by atoms with Crippen molar-refractivity contribution in [3.63, 3.8) is 0 Å². The second-order valence-corrected chi connectivity index (χ2v) is 9.27. The van der Waals surface area contributed by atoms with Gasteiger partial charge in [0.2, 0.25) is 0 Å². The van der Waals surface area contributed by atoms with E-state index in [1.165, 1.54) is 0 Å². The Balaban J connectivity index is 1.41. The number of rotatable bonds is 3. The average molecular weight is 446 g/mol. The fourth-order valence-corrected chi connectivity index (χ4v) is 5.64. The van der Waals surface area contributed by atoms with E-state index in [1.807, 2.05) is 45.8 Å². The van der Waals surface area contributed by atoms with E-state index in [9.17, 15) is 9.59 Å². The molecule has 4 rings (SSSR count). The molecule has 8 heteroatoms. The molecule has 0 bridgehead atoms. The number of para-hydroxylation sites is 2. The quantitative estimate of drug-likeness (QED) is 0.752.